The molecule has 0 saturated carbocycles. The summed E-state index contributed by atoms with van der Waals surface area (Å²) >= 11 is 33.2. The predicted molar refractivity (Wildman–Crippen MR) is 65.8 cm³/mol. The molecule has 1 aromatic carbocycles. The Hall–Kier alpha value is 0.560. The maximum absolute atomic E-state index is 9.13. The second kappa shape index (κ2) is 4.60. The van der Waals surface area contributed by atoms with Crippen LogP contribution in [0.2, 0.25) is 25.1 Å². The van der Waals surface area contributed by atoms with Gasteiger partial charge in [-0.2, -0.15) is 0 Å². The van der Waals surface area contributed by atoms with Crippen molar-refractivity contribution in [1.82, 2.24) is 0 Å². The molecule has 1 aromatic rings. The number of hydrogen-bond donors (Lipinski definition) is 1. The van der Waals surface area contributed by atoms with E-state index in [0.717, 1.165) is 0 Å². The van der Waals surface area contributed by atoms with Gasteiger partial charge >= 0.3 is 0 Å². The maximum Gasteiger partial charge on any atom is 0.191 e. The summed E-state index contributed by atoms with van der Waals surface area (Å²) in [6, 6.07) is 0. The number of benzene rings is 1. The van der Waals surface area contributed by atoms with Crippen LogP contribution in [0.4, 0.5) is 0 Å². The maximum atomic E-state index is 9.13. The second-order valence-electron chi connectivity index (χ2n) is 2.25. The molecule has 0 bridgehead atoms. The summed E-state index contributed by atoms with van der Waals surface area (Å²) in [6.45, 7) is 0. The largest absolute Gasteiger partial charge is 0.498 e. The van der Waals surface area contributed by atoms with E-state index in [4.69, 9.17) is 63.1 Å². The van der Waals surface area contributed by atoms with Crippen molar-refractivity contribution in [2.75, 3.05) is 0 Å². The first kappa shape index (κ1) is 12.6. The Bertz CT molecular complexity index is 388. The molecule has 0 spiro atoms. The van der Waals surface area contributed by atoms with Crippen LogP contribution in [0, 0.1) is 0 Å². The lowest BCUT2D eigenvalue weighted by Gasteiger charge is -2.09. The van der Waals surface area contributed by atoms with Crippen LogP contribution < -0.4 is 0 Å². The molecule has 0 aliphatic heterocycles. The summed E-state index contributed by atoms with van der Waals surface area (Å²) < 4.78 is 0. The molecular weight excluding hydrogens is 309 g/mol. The van der Waals surface area contributed by atoms with Crippen molar-refractivity contribution in [3.05, 3.63) is 30.7 Å². The van der Waals surface area contributed by atoms with Crippen molar-refractivity contribution >= 4 is 75.3 Å². The number of aliphatic hydroxyl groups excluding tert-OH is 1. The Morgan fingerprint density at radius 2 is 1.07 bits per heavy atom. The monoisotopic (exact) mass is 308 g/mol. The van der Waals surface area contributed by atoms with Gasteiger partial charge in [0.25, 0.3) is 0 Å². The zero-order valence-corrected chi connectivity index (χ0v) is 10.8. The fourth-order valence-corrected chi connectivity index (χ4v) is 2.43. The molecule has 14 heavy (non-hydrogen) atoms. The van der Waals surface area contributed by atoms with Gasteiger partial charge < -0.3 is 5.11 Å². The summed E-state index contributed by atoms with van der Waals surface area (Å²) in [5, 5.41) is 8.66. The minimum absolute atomic E-state index is 0.00846. The van der Waals surface area contributed by atoms with E-state index in [1.807, 2.05) is 0 Å². The number of rotatable bonds is 1. The molecule has 1 nitrogen and oxygen atoms in total. The highest BCUT2D eigenvalue weighted by Gasteiger charge is 2.21. The van der Waals surface area contributed by atoms with E-state index in [-0.39, 0.29) is 30.7 Å². The molecule has 0 aliphatic rings. The van der Waals surface area contributed by atoms with Gasteiger partial charge in [0.05, 0.1) is 30.7 Å². The number of hydrogen-bond acceptors (Lipinski definition) is 1. The average molecular weight is 310 g/mol. The molecule has 0 amide bonds. The molecule has 1 rings (SSSR count). The molecule has 0 atom stereocenters. The van der Waals surface area contributed by atoms with Crippen molar-refractivity contribution in [1.29, 1.82) is 0 Å². The first-order chi connectivity index (χ1) is 6.37. The molecule has 0 fully saturated rings. The van der Waals surface area contributed by atoms with E-state index >= 15 is 0 Å². The third kappa shape index (κ3) is 2.06. The number of halogens is 5. The van der Waals surface area contributed by atoms with E-state index in [1.54, 1.807) is 0 Å². The summed E-state index contributed by atoms with van der Waals surface area (Å²) in [5.74, 6) is 0. The predicted octanol–water partition coefficient (Wildman–Crippen LogP) is 5.19. The molecule has 0 unspecified atom stereocenters. The van der Waals surface area contributed by atoms with E-state index in [9.17, 15) is 0 Å². The standard InChI is InChI=1S/C7HCl5OS/c8-2-1(7(13)14)3(9)5(11)6(12)4(2)10/h(H,13,14). The van der Waals surface area contributed by atoms with Crippen molar-refractivity contribution in [2.24, 2.45) is 0 Å². The fourth-order valence-electron chi connectivity index (χ4n) is 0.793. The third-order valence-corrected chi connectivity index (χ3v) is 3.90. The molecule has 0 saturated heterocycles. The first-order valence-corrected chi connectivity index (χ1v) is 5.42. The van der Waals surface area contributed by atoms with Crippen molar-refractivity contribution in [3.63, 3.8) is 0 Å². The highest BCUT2D eigenvalue weighted by Crippen LogP contribution is 2.43. The first-order valence-electron chi connectivity index (χ1n) is 3.12. The van der Waals surface area contributed by atoms with Crippen LogP contribution in [0.3, 0.4) is 0 Å². The van der Waals surface area contributed by atoms with E-state index in [2.05, 4.69) is 12.2 Å². The zero-order chi connectivity index (χ0) is 11.0. The van der Waals surface area contributed by atoms with Crippen LogP contribution in [-0.4, -0.2) is 10.2 Å². The minimum atomic E-state index is -0.486. The zero-order valence-electron chi connectivity index (χ0n) is 6.25. The molecule has 76 valence electrons. The molecule has 0 radical (unpaired) electrons. The highest BCUT2D eigenvalue weighted by atomic mass is 35.5. The summed E-state index contributed by atoms with van der Waals surface area (Å²) in [4.78, 5) is 0. The normalized spacial score (nSPS) is 10.4. The van der Waals surface area contributed by atoms with Gasteiger partial charge in [-0.3, -0.25) is 0 Å². The number of aliphatic hydroxyl groups is 1. The molecular formula is C7HCl5OS. The van der Waals surface area contributed by atoms with Gasteiger partial charge in [-0.05, 0) is 12.2 Å². The van der Waals surface area contributed by atoms with Crippen LogP contribution >= 0.6 is 70.2 Å². The highest BCUT2D eigenvalue weighted by molar-refractivity contribution is 7.80. The molecule has 7 heteroatoms. The summed E-state index contributed by atoms with van der Waals surface area (Å²) in [5.41, 5.74) is 0.0164. The Kier molecular flexibility index (Phi) is 4.15. The SMILES string of the molecule is OC(=S)c1c(Cl)c(Cl)c(Cl)c(Cl)c1Cl. The quantitative estimate of drug-likeness (QED) is 0.438. The van der Waals surface area contributed by atoms with Crippen molar-refractivity contribution < 1.29 is 5.11 Å². The summed E-state index contributed by atoms with van der Waals surface area (Å²) in [7, 11) is 0. The van der Waals surface area contributed by atoms with Gasteiger partial charge in [0.1, 0.15) is 0 Å². The lowest BCUT2D eigenvalue weighted by atomic mass is 10.2. The van der Waals surface area contributed by atoms with Gasteiger partial charge in [0.15, 0.2) is 5.05 Å². The van der Waals surface area contributed by atoms with Gasteiger partial charge in [0, 0.05) is 0 Å². The lowest BCUT2D eigenvalue weighted by Crippen LogP contribution is -1.99. The molecule has 0 heterocycles. The molecule has 0 aromatic heterocycles. The molecule has 0 aliphatic carbocycles. The smallest absolute Gasteiger partial charge is 0.191 e. The van der Waals surface area contributed by atoms with Crippen LogP contribution in [-0.2, 0) is 0 Å². The van der Waals surface area contributed by atoms with Crippen LogP contribution in [0.25, 0.3) is 0 Å². The average Bonchev–Trinajstić information content (AvgIpc) is 2.11. The molecule has 1 N–H and O–H groups in total. The Labute approximate surface area is 110 Å². The van der Waals surface area contributed by atoms with E-state index in [1.165, 1.54) is 0 Å². The van der Waals surface area contributed by atoms with Crippen LogP contribution in [0.1, 0.15) is 5.56 Å². The van der Waals surface area contributed by atoms with Gasteiger partial charge in [-0.15, -0.1) is 0 Å². The topological polar surface area (TPSA) is 20.2 Å². The number of thiocarbonyl (C=S) groups is 1. The minimum Gasteiger partial charge on any atom is -0.498 e. The van der Waals surface area contributed by atoms with Gasteiger partial charge in [-0.25, -0.2) is 0 Å². The Balaban J connectivity index is 3.68. The van der Waals surface area contributed by atoms with Gasteiger partial charge in [0.2, 0.25) is 0 Å². The fraction of sp³-hybridized carbons (Fsp3) is 0. The lowest BCUT2D eigenvalue weighted by molar-refractivity contribution is 0.571. The van der Waals surface area contributed by atoms with E-state index in [0.29, 0.717) is 0 Å². The van der Waals surface area contributed by atoms with Crippen molar-refractivity contribution in [3.8, 4) is 0 Å². The van der Waals surface area contributed by atoms with E-state index < -0.39 is 5.05 Å². The summed E-state index contributed by atoms with van der Waals surface area (Å²) in [6.07, 6.45) is 0. The Morgan fingerprint density at radius 1 is 0.786 bits per heavy atom. The van der Waals surface area contributed by atoms with Crippen molar-refractivity contribution in [2.45, 2.75) is 0 Å². The second-order valence-corrected chi connectivity index (χ2v) is 4.53. The third-order valence-electron chi connectivity index (χ3n) is 1.42. The van der Waals surface area contributed by atoms with Gasteiger partial charge in [-0.1, -0.05) is 58.0 Å². The van der Waals surface area contributed by atoms with Crippen LogP contribution in [0.5, 0.6) is 0 Å². The Morgan fingerprint density at radius 3 is 1.36 bits per heavy atom. The van der Waals surface area contributed by atoms with Crippen LogP contribution in [0.15, 0.2) is 0 Å².